The fraction of sp³-hybridized carbons (Fsp3) is 0.867. The van der Waals surface area contributed by atoms with Crippen LogP contribution in [0.3, 0.4) is 0 Å². The van der Waals surface area contributed by atoms with E-state index < -0.39 is 0 Å². The van der Waals surface area contributed by atoms with Crippen LogP contribution in [-0.2, 0) is 4.79 Å². The molecular weight excluding hydrogens is 268 g/mol. The van der Waals surface area contributed by atoms with Gasteiger partial charge >= 0.3 is 6.03 Å². The molecule has 1 aliphatic heterocycles. The smallest absolute Gasteiger partial charge is 0.317 e. The molecule has 1 aliphatic rings. The summed E-state index contributed by atoms with van der Waals surface area (Å²) in [4.78, 5) is 27.8. The van der Waals surface area contributed by atoms with E-state index in [-0.39, 0.29) is 23.9 Å². The van der Waals surface area contributed by atoms with E-state index in [0.29, 0.717) is 13.1 Å². The summed E-state index contributed by atoms with van der Waals surface area (Å²) < 4.78 is 0. The number of nitrogens with one attached hydrogen (secondary N) is 2. The molecule has 6 heteroatoms. The normalized spacial score (nSPS) is 16.4. The number of likely N-dealkylation sites (tertiary alicyclic amines) is 1. The van der Waals surface area contributed by atoms with Gasteiger partial charge in [0.2, 0.25) is 5.91 Å². The monoisotopic (exact) mass is 298 g/mol. The Balaban J connectivity index is 2.22. The molecule has 6 nitrogen and oxygen atoms in total. The molecule has 0 aromatic rings. The molecule has 0 aromatic heterocycles. The van der Waals surface area contributed by atoms with Gasteiger partial charge in [-0.25, -0.2) is 4.79 Å². The van der Waals surface area contributed by atoms with Gasteiger partial charge in [-0.05, 0) is 53.8 Å². The van der Waals surface area contributed by atoms with Crippen LogP contribution in [0.25, 0.3) is 0 Å². The van der Waals surface area contributed by atoms with Crippen molar-refractivity contribution in [3.8, 4) is 0 Å². The summed E-state index contributed by atoms with van der Waals surface area (Å²) in [7, 11) is 4.06. The van der Waals surface area contributed by atoms with Crippen LogP contribution < -0.4 is 10.6 Å². The van der Waals surface area contributed by atoms with Gasteiger partial charge in [0.15, 0.2) is 0 Å². The van der Waals surface area contributed by atoms with Crippen LogP contribution in [0, 0.1) is 5.92 Å². The Hall–Kier alpha value is -1.30. The number of hydrogen-bond donors (Lipinski definition) is 2. The Labute approximate surface area is 128 Å². The predicted molar refractivity (Wildman–Crippen MR) is 84.1 cm³/mol. The van der Waals surface area contributed by atoms with E-state index in [1.54, 1.807) is 4.90 Å². The number of amides is 3. The second-order valence-corrected chi connectivity index (χ2v) is 6.31. The highest BCUT2D eigenvalue weighted by Crippen LogP contribution is 2.17. The fourth-order valence-corrected chi connectivity index (χ4v) is 2.43. The number of carbonyl (C=O) groups excluding carboxylic acids is 2. The standard InChI is InChI=1S/C15H30N4O2/c1-12(2)17-15(21)19-10-6-13(7-11-19)14(20)16-8-5-9-18(3)4/h12-13H,5-11H2,1-4H3,(H,16,20)(H,17,21). The Morgan fingerprint density at radius 2 is 1.86 bits per heavy atom. The Morgan fingerprint density at radius 3 is 2.38 bits per heavy atom. The maximum absolute atomic E-state index is 12.1. The number of piperidine rings is 1. The van der Waals surface area contributed by atoms with E-state index in [0.717, 1.165) is 32.4 Å². The molecular formula is C15H30N4O2. The van der Waals surface area contributed by atoms with Crippen molar-refractivity contribution in [3.63, 3.8) is 0 Å². The lowest BCUT2D eigenvalue weighted by atomic mass is 9.96. The van der Waals surface area contributed by atoms with Gasteiger partial charge < -0.3 is 20.4 Å². The van der Waals surface area contributed by atoms with Crippen LogP contribution in [0.4, 0.5) is 4.79 Å². The van der Waals surface area contributed by atoms with E-state index in [1.807, 2.05) is 27.9 Å². The van der Waals surface area contributed by atoms with Gasteiger partial charge in [0.1, 0.15) is 0 Å². The van der Waals surface area contributed by atoms with Crippen molar-refractivity contribution >= 4 is 11.9 Å². The van der Waals surface area contributed by atoms with Crippen LogP contribution >= 0.6 is 0 Å². The number of rotatable bonds is 6. The largest absolute Gasteiger partial charge is 0.356 e. The van der Waals surface area contributed by atoms with Gasteiger partial charge in [0, 0.05) is 31.6 Å². The molecule has 2 N–H and O–H groups in total. The van der Waals surface area contributed by atoms with E-state index in [1.165, 1.54) is 0 Å². The van der Waals surface area contributed by atoms with Gasteiger partial charge in [0.25, 0.3) is 0 Å². The van der Waals surface area contributed by atoms with Crippen LogP contribution in [0.2, 0.25) is 0 Å². The van der Waals surface area contributed by atoms with Gasteiger partial charge in [0.05, 0.1) is 0 Å². The highest BCUT2D eigenvalue weighted by atomic mass is 16.2. The molecule has 0 saturated carbocycles. The summed E-state index contributed by atoms with van der Waals surface area (Å²) in [6.07, 6.45) is 2.48. The summed E-state index contributed by atoms with van der Waals surface area (Å²) in [5, 5.41) is 5.89. The maximum atomic E-state index is 12.1. The second-order valence-electron chi connectivity index (χ2n) is 6.31. The van der Waals surface area contributed by atoms with Crippen molar-refractivity contribution in [1.82, 2.24) is 20.4 Å². The lowest BCUT2D eigenvalue weighted by Gasteiger charge is -2.32. The Bertz CT molecular complexity index is 337. The van der Waals surface area contributed by atoms with Crippen molar-refractivity contribution < 1.29 is 9.59 Å². The average molecular weight is 298 g/mol. The summed E-state index contributed by atoms with van der Waals surface area (Å²) in [6, 6.07) is 0.130. The van der Waals surface area contributed by atoms with Crippen molar-refractivity contribution in [3.05, 3.63) is 0 Å². The van der Waals surface area contributed by atoms with Crippen LogP contribution in [0.1, 0.15) is 33.1 Å². The average Bonchev–Trinajstić information content (AvgIpc) is 2.42. The zero-order chi connectivity index (χ0) is 15.8. The second kappa shape index (κ2) is 8.87. The predicted octanol–water partition coefficient (Wildman–Crippen LogP) is 0.884. The third kappa shape index (κ3) is 6.80. The third-order valence-electron chi connectivity index (χ3n) is 3.65. The molecule has 1 rings (SSSR count). The summed E-state index contributed by atoms with van der Waals surface area (Å²) in [5.41, 5.74) is 0. The molecule has 0 spiro atoms. The van der Waals surface area contributed by atoms with Crippen molar-refractivity contribution in [1.29, 1.82) is 0 Å². The Kier molecular flexibility index (Phi) is 7.50. The molecule has 0 bridgehead atoms. The Morgan fingerprint density at radius 1 is 1.24 bits per heavy atom. The molecule has 1 fully saturated rings. The minimum atomic E-state index is -0.0187. The summed E-state index contributed by atoms with van der Waals surface area (Å²) in [5.74, 6) is 0.185. The molecule has 0 aliphatic carbocycles. The van der Waals surface area contributed by atoms with Crippen molar-refractivity contribution in [2.45, 2.75) is 39.2 Å². The molecule has 21 heavy (non-hydrogen) atoms. The lowest BCUT2D eigenvalue weighted by molar-refractivity contribution is -0.126. The number of nitrogens with zero attached hydrogens (tertiary/aromatic N) is 2. The van der Waals surface area contributed by atoms with Crippen LogP contribution in [0.5, 0.6) is 0 Å². The lowest BCUT2D eigenvalue weighted by Crippen LogP contribution is -2.48. The zero-order valence-electron chi connectivity index (χ0n) is 13.8. The molecule has 122 valence electrons. The zero-order valence-corrected chi connectivity index (χ0v) is 13.8. The van der Waals surface area contributed by atoms with Crippen LogP contribution in [-0.4, -0.2) is 68.1 Å². The quantitative estimate of drug-likeness (QED) is 0.716. The first kappa shape index (κ1) is 17.8. The SMILES string of the molecule is CC(C)NC(=O)N1CCC(C(=O)NCCCN(C)C)CC1. The van der Waals surface area contributed by atoms with Crippen molar-refractivity contribution in [2.75, 3.05) is 40.3 Å². The van der Waals surface area contributed by atoms with Gasteiger partial charge in [-0.2, -0.15) is 0 Å². The van der Waals surface area contributed by atoms with E-state index in [2.05, 4.69) is 15.5 Å². The molecule has 0 aromatic carbocycles. The summed E-state index contributed by atoms with van der Waals surface area (Å²) >= 11 is 0. The number of carbonyl (C=O) groups is 2. The minimum absolute atomic E-state index is 0.0187. The third-order valence-corrected chi connectivity index (χ3v) is 3.65. The number of hydrogen-bond acceptors (Lipinski definition) is 3. The molecule has 1 saturated heterocycles. The molecule has 0 atom stereocenters. The van der Waals surface area contributed by atoms with Gasteiger partial charge in [-0.1, -0.05) is 0 Å². The fourth-order valence-electron chi connectivity index (χ4n) is 2.43. The topological polar surface area (TPSA) is 64.7 Å². The first-order valence-electron chi connectivity index (χ1n) is 7.88. The highest BCUT2D eigenvalue weighted by Gasteiger charge is 2.27. The van der Waals surface area contributed by atoms with E-state index >= 15 is 0 Å². The highest BCUT2D eigenvalue weighted by molar-refractivity contribution is 5.79. The minimum Gasteiger partial charge on any atom is -0.356 e. The first-order valence-corrected chi connectivity index (χ1v) is 7.88. The van der Waals surface area contributed by atoms with Gasteiger partial charge in [-0.3, -0.25) is 4.79 Å². The van der Waals surface area contributed by atoms with E-state index in [9.17, 15) is 9.59 Å². The van der Waals surface area contributed by atoms with E-state index in [4.69, 9.17) is 0 Å². The molecule has 0 unspecified atom stereocenters. The molecule has 1 heterocycles. The maximum Gasteiger partial charge on any atom is 0.317 e. The van der Waals surface area contributed by atoms with Crippen LogP contribution in [0.15, 0.2) is 0 Å². The molecule has 3 amide bonds. The number of urea groups is 1. The summed E-state index contributed by atoms with van der Waals surface area (Å²) in [6.45, 7) is 6.93. The van der Waals surface area contributed by atoms with Gasteiger partial charge in [-0.15, -0.1) is 0 Å². The first-order chi connectivity index (χ1) is 9.90. The molecule has 0 radical (unpaired) electrons. The van der Waals surface area contributed by atoms with Crippen molar-refractivity contribution in [2.24, 2.45) is 5.92 Å².